The standard InChI is InChI=1S/C8H10BNO4/c1-2-14-8(11)6-4-3-5-7(10-6)9(12)13/h3-5,12-13H,2H2,1H3. The van der Waals surface area contributed by atoms with Gasteiger partial charge >= 0.3 is 13.1 Å². The van der Waals surface area contributed by atoms with E-state index in [1.54, 1.807) is 6.92 Å². The fourth-order valence-electron chi connectivity index (χ4n) is 0.914. The van der Waals surface area contributed by atoms with E-state index in [0.29, 0.717) is 0 Å². The Morgan fingerprint density at radius 2 is 2.29 bits per heavy atom. The Kier molecular flexibility index (Phi) is 3.61. The lowest BCUT2D eigenvalue weighted by Crippen LogP contribution is -2.33. The van der Waals surface area contributed by atoms with Gasteiger partial charge in [0.1, 0.15) is 5.69 Å². The van der Waals surface area contributed by atoms with Crippen LogP contribution in [0.25, 0.3) is 0 Å². The highest BCUT2D eigenvalue weighted by Crippen LogP contribution is 1.95. The Bertz CT molecular complexity index is 329. The monoisotopic (exact) mass is 195 g/mol. The smallest absolute Gasteiger partial charge is 0.461 e. The first kappa shape index (κ1) is 10.7. The predicted molar refractivity (Wildman–Crippen MR) is 50.0 cm³/mol. The second-order valence-corrected chi connectivity index (χ2v) is 2.54. The van der Waals surface area contributed by atoms with E-state index in [2.05, 4.69) is 4.98 Å². The molecule has 0 fully saturated rings. The molecule has 0 aliphatic carbocycles. The van der Waals surface area contributed by atoms with Gasteiger partial charge in [0.25, 0.3) is 0 Å². The maximum Gasteiger partial charge on any atom is 0.508 e. The zero-order valence-corrected chi connectivity index (χ0v) is 7.67. The van der Waals surface area contributed by atoms with Crippen LogP contribution >= 0.6 is 0 Å². The molecule has 1 aromatic rings. The van der Waals surface area contributed by atoms with Crippen molar-refractivity contribution in [2.75, 3.05) is 6.61 Å². The fourth-order valence-corrected chi connectivity index (χ4v) is 0.914. The topological polar surface area (TPSA) is 79.7 Å². The molecule has 0 bridgehead atoms. The third-order valence-electron chi connectivity index (χ3n) is 1.52. The van der Waals surface area contributed by atoms with Gasteiger partial charge in [0.05, 0.1) is 12.2 Å². The molecule has 0 aromatic carbocycles. The zero-order chi connectivity index (χ0) is 10.6. The molecule has 1 aromatic heterocycles. The van der Waals surface area contributed by atoms with Crippen molar-refractivity contribution < 1.29 is 19.6 Å². The number of hydrogen-bond donors (Lipinski definition) is 2. The highest BCUT2D eigenvalue weighted by atomic mass is 16.5. The van der Waals surface area contributed by atoms with E-state index >= 15 is 0 Å². The molecule has 0 aliphatic rings. The van der Waals surface area contributed by atoms with E-state index in [1.807, 2.05) is 0 Å². The van der Waals surface area contributed by atoms with Crippen molar-refractivity contribution in [2.45, 2.75) is 6.92 Å². The van der Waals surface area contributed by atoms with Gasteiger partial charge < -0.3 is 14.8 Å². The summed E-state index contributed by atoms with van der Waals surface area (Å²) in [7, 11) is -1.68. The van der Waals surface area contributed by atoms with Crippen molar-refractivity contribution in [1.82, 2.24) is 4.98 Å². The van der Waals surface area contributed by atoms with Gasteiger partial charge in [0, 0.05) is 0 Å². The maximum atomic E-state index is 11.2. The molecule has 0 saturated heterocycles. The number of esters is 1. The third kappa shape index (κ3) is 2.55. The number of hydrogen-bond acceptors (Lipinski definition) is 5. The Morgan fingerprint density at radius 1 is 1.57 bits per heavy atom. The first-order valence-corrected chi connectivity index (χ1v) is 4.15. The van der Waals surface area contributed by atoms with Crippen molar-refractivity contribution in [3.8, 4) is 0 Å². The summed E-state index contributed by atoms with van der Waals surface area (Å²) in [4.78, 5) is 14.9. The van der Waals surface area contributed by atoms with Crippen LogP contribution in [0.3, 0.4) is 0 Å². The lowest BCUT2D eigenvalue weighted by Gasteiger charge is -2.02. The Labute approximate surface area is 81.5 Å². The first-order valence-electron chi connectivity index (χ1n) is 4.15. The van der Waals surface area contributed by atoms with Crippen molar-refractivity contribution in [1.29, 1.82) is 0 Å². The minimum Gasteiger partial charge on any atom is -0.461 e. The van der Waals surface area contributed by atoms with Gasteiger partial charge in [-0.3, -0.25) is 0 Å². The predicted octanol–water partition coefficient (Wildman–Crippen LogP) is -1.06. The van der Waals surface area contributed by atoms with Crippen LogP contribution < -0.4 is 5.59 Å². The summed E-state index contributed by atoms with van der Waals surface area (Å²) in [6.07, 6.45) is 0. The van der Waals surface area contributed by atoms with Gasteiger partial charge in [-0.1, -0.05) is 6.07 Å². The minimum absolute atomic E-state index is 0.0237. The van der Waals surface area contributed by atoms with Crippen LogP contribution in [-0.4, -0.2) is 34.7 Å². The SMILES string of the molecule is CCOC(=O)c1cccc(B(O)O)n1. The molecule has 1 heterocycles. The average Bonchev–Trinajstić information content (AvgIpc) is 2.18. The molecular weight excluding hydrogens is 185 g/mol. The summed E-state index contributed by atoms with van der Waals surface area (Å²) >= 11 is 0. The second kappa shape index (κ2) is 4.73. The zero-order valence-electron chi connectivity index (χ0n) is 7.67. The lowest BCUT2D eigenvalue weighted by atomic mass is 9.85. The Morgan fingerprint density at radius 3 is 2.86 bits per heavy atom. The largest absolute Gasteiger partial charge is 0.508 e. The summed E-state index contributed by atoms with van der Waals surface area (Å²) in [5, 5.41) is 17.6. The lowest BCUT2D eigenvalue weighted by molar-refractivity contribution is 0.0520. The summed E-state index contributed by atoms with van der Waals surface area (Å²) in [5.41, 5.74) is 0.0907. The molecule has 5 nitrogen and oxygen atoms in total. The summed E-state index contributed by atoms with van der Waals surface area (Å²) < 4.78 is 4.70. The maximum absolute atomic E-state index is 11.2. The Hall–Kier alpha value is -1.40. The first-order chi connectivity index (χ1) is 6.65. The average molecular weight is 195 g/mol. The number of aromatic nitrogens is 1. The summed E-state index contributed by atoms with van der Waals surface area (Å²) in [6, 6.07) is 4.37. The highest BCUT2D eigenvalue weighted by Gasteiger charge is 2.15. The highest BCUT2D eigenvalue weighted by molar-refractivity contribution is 6.57. The van der Waals surface area contributed by atoms with E-state index in [4.69, 9.17) is 14.8 Å². The van der Waals surface area contributed by atoms with Gasteiger partial charge in [-0.05, 0) is 19.1 Å². The van der Waals surface area contributed by atoms with Crippen LogP contribution in [0.1, 0.15) is 17.4 Å². The van der Waals surface area contributed by atoms with Crippen LogP contribution in [0, 0.1) is 0 Å². The van der Waals surface area contributed by atoms with E-state index in [-0.39, 0.29) is 17.9 Å². The molecule has 0 saturated carbocycles. The Balaban J connectivity index is 2.88. The number of nitrogens with zero attached hydrogens (tertiary/aromatic N) is 1. The van der Waals surface area contributed by atoms with Crippen LogP contribution in [0.2, 0.25) is 0 Å². The van der Waals surface area contributed by atoms with Gasteiger partial charge in [0.15, 0.2) is 0 Å². The second-order valence-electron chi connectivity index (χ2n) is 2.54. The summed E-state index contributed by atoms with van der Waals surface area (Å²) in [6.45, 7) is 1.94. The van der Waals surface area contributed by atoms with Crippen LogP contribution in [-0.2, 0) is 4.74 Å². The molecule has 74 valence electrons. The molecule has 0 radical (unpaired) electrons. The fraction of sp³-hybridized carbons (Fsp3) is 0.250. The van der Waals surface area contributed by atoms with Crippen LogP contribution in [0.5, 0.6) is 0 Å². The molecule has 0 aliphatic heterocycles. The number of rotatable bonds is 3. The van der Waals surface area contributed by atoms with E-state index in [0.717, 1.165) is 0 Å². The van der Waals surface area contributed by atoms with Crippen molar-refractivity contribution in [3.63, 3.8) is 0 Å². The normalized spacial score (nSPS) is 9.64. The molecule has 1 rings (SSSR count). The number of pyridine rings is 1. The van der Waals surface area contributed by atoms with Gasteiger partial charge in [-0.2, -0.15) is 0 Å². The van der Waals surface area contributed by atoms with Crippen LogP contribution in [0.4, 0.5) is 0 Å². The molecule has 0 spiro atoms. The molecule has 6 heteroatoms. The van der Waals surface area contributed by atoms with E-state index in [1.165, 1.54) is 18.2 Å². The molecular formula is C8H10BNO4. The van der Waals surface area contributed by atoms with Crippen molar-refractivity contribution in [3.05, 3.63) is 23.9 Å². The van der Waals surface area contributed by atoms with E-state index in [9.17, 15) is 4.79 Å². The van der Waals surface area contributed by atoms with Crippen molar-refractivity contribution >= 4 is 18.7 Å². The summed E-state index contributed by atoms with van der Waals surface area (Å²) in [5.74, 6) is -0.574. The third-order valence-corrected chi connectivity index (χ3v) is 1.52. The number of ether oxygens (including phenoxy) is 1. The molecule has 0 amide bonds. The molecule has 14 heavy (non-hydrogen) atoms. The van der Waals surface area contributed by atoms with Gasteiger partial charge in [-0.25, -0.2) is 9.78 Å². The van der Waals surface area contributed by atoms with Crippen molar-refractivity contribution in [2.24, 2.45) is 0 Å². The molecule has 0 atom stereocenters. The van der Waals surface area contributed by atoms with Gasteiger partial charge in [0.2, 0.25) is 0 Å². The molecule has 2 N–H and O–H groups in total. The van der Waals surface area contributed by atoms with Crippen LogP contribution in [0.15, 0.2) is 18.2 Å². The van der Waals surface area contributed by atoms with Gasteiger partial charge in [-0.15, -0.1) is 0 Å². The van der Waals surface area contributed by atoms with E-state index < -0.39 is 13.1 Å². The number of carbonyl (C=O) groups is 1. The quantitative estimate of drug-likeness (QED) is 0.474. The number of carbonyl (C=O) groups excluding carboxylic acids is 1. The molecule has 0 unspecified atom stereocenters. The minimum atomic E-state index is -1.68.